The van der Waals surface area contributed by atoms with E-state index in [9.17, 15) is 0 Å². The summed E-state index contributed by atoms with van der Waals surface area (Å²) in [5.41, 5.74) is 3.49. The number of halogens is 1. The Bertz CT molecular complexity index is 851. The molecule has 2 aromatic heterocycles. The number of aliphatic imine (C=N–C) groups is 1. The summed E-state index contributed by atoms with van der Waals surface area (Å²) in [4.78, 5) is 10.2. The topological polar surface area (TPSA) is 67.1 Å². The SMILES string of the molecule is CN=C(NCCc1ccc(-n2cccn2)cc1)NCCc1nc(C)c(C)s1.I. The Kier molecular flexibility index (Phi) is 8.91. The molecular weight excluding hydrogens is 483 g/mol. The van der Waals surface area contributed by atoms with Gasteiger partial charge in [0, 0.05) is 43.8 Å². The Labute approximate surface area is 187 Å². The molecule has 0 fully saturated rings. The molecule has 28 heavy (non-hydrogen) atoms. The Balaban J connectivity index is 0.00000280. The third-order valence-corrected chi connectivity index (χ3v) is 5.47. The van der Waals surface area contributed by atoms with E-state index in [1.165, 1.54) is 15.4 Å². The average Bonchev–Trinajstić information content (AvgIpc) is 3.31. The van der Waals surface area contributed by atoms with Crippen LogP contribution in [-0.2, 0) is 12.8 Å². The van der Waals surface area contributed by atoms with Gasteiger partial charge in [0.15, 0.2) is 5.96 Å². The lowest BCUT2D eigenvalue weighted by molar-refractivity contribution is 0.781. The monoisotopic (exact) mass is 510 g/mol. The smallest absolute Gasteiger partial charge is 0.191 e. The third-order valence-electron chi connectivity index (χ3n) is 4.34. The van der Waals surface area contributed by atoms with Gasteiger partial charge in [0.1, 0.15) is 0 Å². The van der Waals surface area contributed by atoms with Crippen molar-refractivity contribution in [2.24, 2.45) is 4.99 Å². The minimum Gasteiger partial charge on any atom is -0.356 e. The van der Waals surface area contributed by atoms with Crippen LogP contribution in [-0.4, -0.2) is 40.9 Å². The van der Waals surface area contributed by atoms with E-state index in [0.29, 0.717) is 0 Å². The molecule has 3 rings (SSSR count). The molecule has 0 aliphatic rings. The molecular formula is C20H27IN6S. The minimum atomic E-state index is 0. The number of benzene rings is 1. The Hall–Kier alpha value is -1.94. The van der Waals surface area contributed by atoms with E-state index in [2.05, 4.69) is 63.8 Å². The average molecular weight is 510 g/mol. The number of guanidine groups is 1. The largest absolute Gasteiger partial charge is 0.356 e. The summed E-state index contributed by atoms with van der Waals surface area (Å²) >= 11 is 1.77. The molecule has 150 valence electrons. The fourth-order valence-electron chi connectivity index (χ4n) is 2.72. The van der Waals surface area contributed by atoms with Gasteiger partial charge in [-0.2, -0.15) is 5.10 Å². The molecule has 0 aliphatic carbocycles. The van der Waals surface area contributed by atoms with Crippen LogP contribution in [0.4, 0.5) is 0 Å². The highest BCUT2D eigenvalue weighted by atomic mass is 127. The molecule has 2 heterocycles. The van der Waals surface area contributed by atoms with E-state index in [1.54, 1.807) is 24.6 Å². The number of nitrogens with one attached hydrogen (secondary N) is 2. The van der Waals surface area contributed by atoms with Crippen molar-refractivity contribution in [1.29, 1.82) is 0 Å². The molecule has 3 aromatic rings. The van der Waals surface area contributed by atoms with E-state index >= 15 is 0 Å². The molecule has 0 radical (unpaired) electrons. The zero-order valence-corrected chi connectivity index (χ0v) is 19.6. The van der Waals surface area contributed by atoms with Gasteiger partial charge in [0.2, 0.25) is 0 Å². The maximum atomic E-state index is 4.57. The van der Waals surface area contributed by atoms with Crippen molar-refractivity contribution in [3.05, 3.63) is 63.9 Å². The van der Waals surface area contributed by atoms with Crippen LogP contribution in [0, 0.1) is 13.8 Å². The molecule has 0 bridgehead atoms. The first kappa shape index (κ1) is 22.4. The number of hydrogen-bond acceptors (Lipinski definition) is 4. The maximum absolute atomic E-state index is 4.57. The van der Waals surface area contributed by atoms with Crippen molar-refractivity contribution >= 4 is 41.3 Å². The third kappa shape index (κ3) is 6.30. The van der Waals surface area contributed by atoms with E-state index in [0.717, 1.165) is 43.3 Å². The normalized spacial score (nSPS) is 11.2. The fourth-order valence-corrected chi connectivity index (χ4v) is 3.65. The highest BCUT2D eigenvalue weighted by Crippen LogP contribution is 2.16. The Morgan fingerprint density at radius 3 is 2.39 bits per heavy atom. The fraction of sp³-hybridized carbons (Fsp3) is 0.350. The number of rotatable bonds is 7. The van der Waals surface area contributed by atoms with E-state index in [1.807, 2.05) is 16.9 Å². The highest BCUT2D eigenvalue weighted by Gasteiger charge is 2.04. The number of hydrogen-bond donors (Lipinski definition) is 2. The van der Waals surface area contributed by atoms with Gasteiger partial charge in [-0.05, 0) is 44.0 Å². The molecule has 0 saturated heterocycles. The van der Waals surface area contributed by atoms with Gasteiger partial charge < -0.3 is 10.6 Å². The van der Waals surface area contributed by atoms with E-state index < -0.39 is 0 Å². The predicted octanol–water partition coefficient (Wildman–Crippen LogP) is 3.51. The molecule has 8 heteroatoms. The second-order valence-corrected chi connectivity index (χ2v) is 7.58. The van der Waals surface area contributed by atoms with Crippen LogP contribution < -0.4 is 10.6 Å². The van der Waals surface area contributed by atoms with Crippen molar-refractivity contribution < 1.29 is 0 Å². The Morgan fingerprint density at radius 1 is 1.11 bits per heavy atom. The summed E-state index contributed by atoms with van der Waals surface area (Å²) in [5, 5.41) is 12.1. The van der Waals surface area contributed by atoms with Crippen LogP contribution in [0.2, 0.25) is 0 Å². The lowest BCUT2D eigenvalue weighted by Gasteiger charge is -2.11. The summed E-state index contributed by atoms with van der Waals surface area (Å²) in [5.74, 6) is 0.827. The highest BCUT2D eigenvalue weighted by molar-refractivity contribution is 14.0. The van der Waals surface area contributed by atoms with Gasteiger partial charge in [0.25, 0.3) is 0 Å². The van der Waals surface area contributed by atoms with Gasteiger partial charge in [-0.15, -0.1) is 35.3 Å². The summed E-state index contributed by atoms with van der Waals surface area (Å²) in [6.45, 7) is 5.83. The first-order chi connectivity index (χ1) is 13.2. The van der Waals surface area contributed by atoms with Crippen LogP contribution in [0.5, 0.6) is 0 Å². The quantitative estimate of drug-likeness (QED) is 0.290. The molecule has 0 spiro atoms. The van der Waals surface area contributed by atoms with Crippen molar-refractivity contribution in [2.75, 3.05) is 20.1 Å². The van der Waals surface area contributed by atoms with E-state index in [-0.39, 0.29) is 24.0 Å². The maximum Gasteiger partial charge on any atom is 0.191 e. The van der Waals surface area contributed by atoms with Crippen LogP contribution in [0.25, 0.3) is 5.69 Å². The van der Waals surface area contributed by atoms with Gasteiger partial charge in [-0.1, -0.05) is 12.1 Å². The Morgan fingerprint density at radius 2 is 1.82 bits per heavy atom. The lowest BCUT2D eigenvalue weighted by Crippen LogP contribution is -2.39. The zero-order valence-electron chi connectivity index (χ0n) is 16.5. The van der Waals surface area contributed by atoms with Crippen LogP contribution in [0.15, 0.2) is 47.7 Å². The van der Waals surface area contributed by atoms with Gasteiger partial charge in [-0.25, -0.2) is 9.67 Å². The minimum absolute atomic E-state index is 0. The molecule has 1 aromatic carbocycles. The number of nitrogens with zero attached hydrogens (tertiary/aromatic N) is 4. The summed E-state index contributed by atoms with van der Waals surface area (Å²) in [6, 6.07) is 10.4. The van der Waals surface area contributed by atoms with Crippen molar-refractivity contribution in [3.63, 3.8) is 0 Å². The van der Waals surface area contributed by atoms with Crippen molar-refractivity contribution in [1.82, 2.24) is 25.4 Å². The molecule has 0 saturated carbocycles. The lowest BCUT2D eigenvalue weighted by atomic mass is 10.1. The second kappa shape index (κ2) is 11.2. The molecule has 0 amide bonds. The van der Waals surface area contributed by atoms with Crippen LogP contribution in [0.3, 0.4) is 0 Å². The molecule has 0 unspecified atom stereocenters. The molecule has 0 atom stereocenters. The zero-order chi connectivity index (χ0) is 19.1. The van der Waals surface area contributed by atoms with E-state index in [4.69, 9.17) is 0 Å². The van der Waals surface area contributed by atoms with Gasteiger partial charge in [0.05, 0.1) is 16.4 Å². The van der Waals surface area contributed by atoms with Crippen LogP contribution in [0.1, 0.15) is 21.1 Å². The molecule has 2 N–H and O–H groups in total. The van der Waals surface area contributed by atoms with Gasteiger partial charge >= 0.3 is 0 Å². The van der Waals surface area contributed by atoms with Crippen molar-refractivity contribution in [2.45, 2.75) is 26.7 Å². The predicted molar refractivity (Wildman–Crippen MR) is 127 cm³/mol. The van der Waals surface area contributed by atoms with Crippen molar-refractivity contribution in [3.8, 4) is 5.69 Å². The molecule has 0 aliphatic heterocycles. The summed E-state index contributed by atoms with van der Waals surface area (Å²) < 4.78 is 1.86. The number of thiazole rings is 1. The molecule has 6 nitrogen and oxygen atoms in total. The first-order valence-corrected chi connectivity index (χ1v) is 9.94. The standard InChI is InChI=1S/C20H26N6S.HI/c1-15-16(2)27-19(25-15)10-13-23-20(21-3)22-12-9-17-5-7-18(8-6-17)26-14-4-11-24-26;/h4-8,11,14H,9-10,12-13H2,1-3H3,(H2,21,22,23);1H. The second-order valence-electron chi connectivity index (χ2n) is 6.29. The summed E-state index contributed by atoms with van der Waals surface area (Å²) in [7, 11) is 1.80. The number of aryl methyl sites for hydroxylation is 2. The van der Waals surface area contributed by atoms with Crippen LogP contribution >= 0.6 is 35.3 Å². The summed E-state index contributed by atoms with van der Waals surface area (Å²) in [6.07, 6.45) is 5.58. The first-order valence-electron chi connectivity index (χ1n) is 9.12. The number of aromatic nitrogens is 3. The van der Waals surface area contributed by atoms with Gasteiger partial charge in [-0.3, -0.25) is 4.99 Å².